The van der Waals surface area contributed by atoms with E-state index in [0.717, 1.165) is 22.9 Å². The first kappa shape index (κ1) is 23.1. The lowest BCUT2D eigenvalue weighted by Crippen LogP contribution is -2.27. The standard InChI is InChI=1S/C23H21FN4O3S2/c1-14-4-3-10-27-20(14)26-19(25-9-11-31-2)17(21(27)29)12-18-22(30)28(23(32)33-18)13-15-5-7-16(24)8-6-15/h3-8,10,12,25H,9,11,13H2,1-2H3/b18-12+. The fourth-order valence-electron chi connectivity index (χ4n) is 3.39. The minimum Gasteiger partial charge on any atom is -0.383 e. The highest BCUT2D eigenvalue weighted by Gasteiger charge is 2.32. The highest BCUT2D eigenvalue weighted by Crippen LogP contribution is 2.34. The SMILES string of the molecule is COCCNc1nc2c(C)cccn2c(=O)c1/C=C1/SC(=S)N(Cc2ccc(F)cc2)C1=O. The number of hydrogen-bond donors (Lipinski definition) is 1. The molecule has 7 nitrogen and oxygen atoms in total. The molecule has 0 saturated carbocycles. The molecule has 0 radical (unpaired) electrons. The summed E-state index contributed by atoms with van der Waals surface area (Å²) in [7, 11) is 1.59. The van der Waals surface area contributed by atoms with Crippen LogP contribution in [-0.4, -0.2) is 44.8 Å². The summed E-state index contributed by atoms with van der Waals surface area (Å²) < 4.78 is 20.1. The molecule has 3 heterocycles. The first-order valence-electron chi connectivity index (χ1n) is 10.1. The number of thioether (sulfide) groups is 1. The summed E-state index contributed by atoms with van der Waals surface area (Å²) in [6, 6.07) is 9.54. The summed E-state index contributed by atoms with van der Waals surface area (Å²) >= 11 is 6.52. The Hall–Kier alpha value is -3.08. The highest BCUT2D eigenvalue weighted by molar-refractivity contribution is 8.26. The van der Waals surface area contributed by atoms with E-state index >= 15 is 0 Å². The molecular formula is C23H21FN4O3S2. The quantitative estimate of drug-likeness (QED) is 0.312. The van der Waals surface area contributed by atoms with Gasteiger partial charge in [-0.1, -0.05) is 42.2 Å². The van der Waals surface area contributed by atoms with E-state index < -0.39 is 0 Å². The van der Waals surface area contributed by atoms with Crippen LogP contribution < -0.4 is 10.9 Å². The number of fused-ring (bicyclic) bond motifs is 1. The van der Waals surface area contributed by atoms with Crippen molar-refractivity contribution in [1.29, 1.82) is 0 Å². The maximum atomic E-state index is 13.3. The van der Waals surface area contributed by atoms with E-state index in [2.05, 4.69) is 10.3 Å². The van der Waals surface area contributed by atoms with Crippen LogP contribution in [0.2, 0.25) is 0 Å². The maximum absolute atomic E-state index is 13.3. The van der Waals surface area contributed by atoms with E-state index in [1.54, 1.807) is 31.5 Å². The Morgan fingerprint density at radius 3 is 2.73 bits per heavy atom. The summed E-state index contributed by atoms with van der Waals surface area (Å²) in [5.74, 6) is -0.293. The molecule has 3 aromatic rings. The summed E-state index contributed by atoms with van der Waals surface area (Å²) in [6.07, 6.45) is 3.18. The van der Waals surface area contributed by atoms with E-state index in [9.17, 15) is 14.0 Å². The number of carbonyl (C=O) groups excluding carboxylic acids is 1. The van der Waals surface area contributed by atoms with Crippen LogP contribution in [0.5, 0.6) is 0 Å². The van der Waals surface area contributed by atoms with Crippen molar-refractivity contribution in [2.24, 2.45) is 0 Å². The second-order valence-corrected chi connectivity index (χ2v) is 9.05. The summed E-state index contributed by atoms with van der Waals surface area (Å²) in [5, 5.41) is 3.13. The van der Waals surface area contributed by atoms with Crippen LogP contribution in [0.3, 0.4) is 0 Å². The molecule has 1 fully saturated rings. The van der Waals surface area contributed by atoms with Gasteiger partial charge < -0.3 is 10.1 Å². The zero-order valence-electron chi connectivity index (χ0n) is 18.0. The van der Waals surface area contributed by atoms with E-state index in [1.165, 1.54) is 27.5 Å². The number of aryl methyl sites for hydroxylation is 1. The van der Waals surface area contributed by atoms with Crippen molar-refractivity contribution in [2.75, 3.05) is 25.6 Å². The molecule has 0 bridgehead atoms. The monoisotopic (exact) mass is 484 g/mol. The molecular weight excluding hydrogens is 463 g/mol. The largest absolute Gasteiger partial charge is 0.383 e. The van der Waals surface area contributed by atoms with Crippen LogP contribution in [0.25, 0.3) is 11.7 Å². The molecule has 0 unspecified atom stereocenters. The molecule has 1 aromatic carbocycles. The van der Waals surface area contributed by atoms with Crippen molar-refractivity contribution in [2.45, 2.75) is 13.5 Å². The number of amides is 1. The number of rotatable bonds is 7. The summed E-state index contributed by atoms with van der Waals surface area (Å²) in [6.45, 7) is 2.96. The molecule has 1 saturated heterocycles. The predicted molar refractivity (Wildman–Crippen MR) is 132 cm³/mol. The normalized spacial score (nSPS) is 15.1. The van der Waals surface area contributed by atoms with Crippen LogP contribution in [-0.2, 0) is 16.1 Å². The molecule has 0 aliphatic carbocycles. The van der Waals surface area contributed by atoms with Gasteiger partial charge in [0.25, 0.3) is 11.5 Å². The first-order chi connectivity index (χ1) is 15.9. The van der Waals surface area contributed by atoms with E-state index in [-0.39, 0.29) is 29.4 Å². The Balaban J connectivity index is 1.72. The third-order valence-electron chi connectivity index (χ3n) is 5.09. The van der Waals surface area contributed by atoms with Crippen LogP contribution in [0.1, 0.15) is 16.7 Å². The molecule has 33 heavy (non-hydrogen) atoms. The third kappa shape index (κ3) is 4.82. The predicted octanol–water partition coefficient (Wildman–Crippen LogP) is 3.60. The topological polar surface area (TPSA) is 75.9 Å². The molecule has 2 aromatic heterocycles. The van der Waals surface area contributed by atoms with Crippen molar-refractivity contribution in [3.63, 3.8) is 0 Å². The number of nitrogens with zero attached hydrogens (tertiary/aromatic N) is 3. The van der Waals surface area contributed by atoms with Crippen molar-refractivity contribution >= 4 is 51.7 Å². The molecule has 1 aliphatic rings. The smallest absolute Gasteiger partial charge is 0.267 e. The van der Waals surface area contributed by atoms with Crippen molar-refractivity contribution in [1.82, 2.24) is 14.3 Å². The van der Waals surface area contributed by atoms with Gasteiger partial charge in [0.15, 0.2) is 0 Å². The first-order valence-corrected chi connectivity index (χ1v) is 11.4. The van der Waals surface area contributed by atoms with Gasteiger partial charge in [0.1, 0.15) is 21.6 Å². The Kier molecular flexibility index (Phi) is 6.87. The summed E-state index contributed by atoms with van der Waals surface area (Å²) in [5.41, 5.74) is 2.09. The van der Waals surface area contributed by atoms with Crippen LogP contribution >= 0.6 is 24.0 Å². The number of thiocarbonyl (C=S) groups is 1. The number of halogens is 1. The van der Waals surface area contributed by atoms with Gasteiger partial charge in [0, 0.05) is 19.9 Å². The second kappa shape index (κ2) is 9.82. The Bertz CT molecular complexity index is 1320. The average molecular weight is 485 g/mol. The van der Waals surface area contributed by atoms with Gasteiger partial charge in [-0.3, -0.25) is 18.9 Å². The van der Waals surface area contributed by atoms with Gasteiger partial charge in [-0.15, -0.1) is 0 Å². The Labute approximate surface area is 199 Å². The minimum atomic E-state index is -0.350. The van der Waals surface area contributed by atoms with Gasteiger partial charge in [0.05, 0.1) is 23.6 Å². The van der Waals surface area contributed by atoms with Crippen LogP contribution in [0.4, 0.5) is 10.2 Å². The van der Waals surface area contributed by atoms with E-state index in [1.807, 2.05) is 13.0 Å². The number of benzene rings is 1. The lowest BCUT2D eigenvalue weighted by atomic mass is 10.2. The summed E-state index contributed by atoms with van der Waals surface area (Å²) in [4.78, 5) is 32.8. The number of aromatic nitrogens is 2. The number of hydrogen-bond acceptors (Lipinski definition) is 7. The Morgan fingerprint density at radius 2 is 2.00 bits per heavy atom. The maximum Gasteiger partial charge on any atom is 0.267 e. The fraction of sp³-hybridized carbons (Fsp3) is 0.217. The lowest BCUT2D eigenvalue weighted by molar-refractivity contribution is -0.122. The lowest BCUT2D eigenvalue weighted by Gasteiger charge is -2.14. The molecule has 4 rings (SSSR count). The average Bonchev–Trinajstić information content (AvgIpc) is 3.06. The molecule has 1 N–H and O–H groups in total. The zero-order chi connectivity index (χ0) is 23.5. The fourth-order valence-corrected chi connectivity index (χ4v) is 4.62. The van der Waals surface area contributed by atoms with Crippen molar-refractivity contribution < 1.29 is 13.9 Å². The Morgan fingerprint density at radius 1 is 1.24 bits per heavy atom. The zero-order valence-corrected chi connectivity index (χ0v) is 19.6. The number of pyridine rings is 1. The van der Waals surface area contributed by atoms with Crippen molar-refractivity contribution in [3.05, 3.63) is 80.4 Å². The number of carbonyl (C=O) groups is 1. The van der Waals surface area contributed by atoms with E-state index in [0.29, 0.717) is 33.8 Å². The number of ether oxygens (including phenoxy) is 1. The minimum absolute atomic E-state index is 0.218. The van der Waals surface area contributed by atoms with Crippen LogP contribution in [0.15, 0.2) is 52.3 Å². The molecule has 0 atom stereocenters. The number of anilines is 1. The molecule has 170 valence electrons. The van der Waals surface area contributed by atoms with Crippen LogP contribution in [0, 0.1) is 12.7 Å². The molecule has 0 spiro atoms. The molecule has 1 aliphatic heterocycles. The van der Waals surface area contributed by atoms with Gasteiger partial charge in [-0.2, -0.15) is 0 Å². The van der Waals surface area contributed by atoms with Gasteiger partial charge in [-0.05, 0) is 42.3 Å². The van der Waals surface area contributed by atoms with Gasteiger partial charge in [0.2, 0.25) is 0 Å². The van der Waals surface area contributed by atoms with Gasteiger partial charge >= 0.3 is 0 Å². The third-order valence-corrected chi connectivity index (χ3v) is 6.46. The van der Waals surface area contributed by atoms with Crippen molar-refractivity contribution in [3.8, 4) is 0 Å². The van der Waals surface area contributed by atoms with E-state index in [4.69, 9.17) is 17.0 Å². The number of methoxy groups -OCH3 is 1. The molecule has 1 amide bonds. The van der Waals surface area contributed by atoms with Gasteiger partial charge in [-0.25, -0.2) is 9.37 Å². The molecule has 10 heteroatoms. The number of nitrogens with one attached hydrogen (secondary N) is 1. The second-order valence-electron chi connectivity index (χ2n) is 7.38. The highest BCUT2D eigenvalue weighted by atomic mass is 32.2.